The van der Waals surface area contributed by atoms with Gasteiger partial charge in [0.1, 0.15) is 12.0 Å². The summed E-state index contributed by atoms with van der Waals surface area (Å²) in [5, 5.41) is 2.61. The van der Waals surface area contributed by atoms with Crippen molar-refractivity contribution in [1.82, 2.24) is 5.32 Å². The van der Waals surface area contributed by atoms with Crippen molar-refractivity contribution < 1.29 is 19.1 Å². The van der Waals surface area contributed by atoms with Crippen molar-refractivity contribution in [3.8, 4) is 0 Å². The minimum Gasteiger partial charge on any atom is -0.463 e. The van der Waals surface area contributed by atoms with E-state index in [4.69, 9.17) is 21.1 Å². The van der Waals surface area contributed by atoms with Gasteiger partial charge in [0, 0.05) is 5.57 Å². The number of imide groups is 1. The predicted octanol–water partition coefficient (Wildman–Crippen LogP) is 1.71. The van der Waals surface area contributed by atoms with Gasteiger partial charge >= 0.3 is 6.09 Å². The molecule has 1 atom stereocenters. The van der Waals surface area contributed by atoms with Crippen LogP contribution in [-0.2, 0) is 14.3 Å². The van der Waals surface area contributed by atoms with E-state index in [0.29, 0.717) is 22.8 Å². The molecule has 0 aromatic rings. The Morgan fingerprint density at radius 3 is 2.88 bits per heavy atom. The predicted molar refractivity (Wildman–Crippen MR) is 57.8 cm³/mol. The fourth-order valence-electron chi connectivity index (χ4n) is 2.14. The number of allylic oxidation sites excluding steroid dienone is 3. The maximum Gasteiger partial charge on any atom is 0.415 e. The molecule has 1 N–H and O–H groups in total. The van der Waals surface area contributed by atoms with Crippen molar-refractivity contribution in [2.24, 2.45) is 0 Å². The molecule has 1 saturated heterocycles. The molecule has 88 valence electrons. The molecule has 0 bridgehead atoms. The molecule has 0 spiro atoms. The van der Waals surface area contributed by atoms with Gasteiger partial charge in [-0.1, -0.05) is 11.6 Å². The van der Waals surface area contributed by atoms with Crippen molar-refractivity contribution in [2.45, 2.75) is 18.9 Å². The second-order valence-corrected chi connectivity index (χ2v) is 4.36. The fraction of sp³-hybridized carbons (Fsp3) is 0.273. The van der Waals surface area contributed by atoms with Crippen LogP contribution in [0, 0.1) is 0 Å². The number of halogens is 1. The van der Waals surface area contributed by atoms with Crippen LogP contribution < -0.4 is 5.32 Å². The maximum absolute atomic E-state index is 11.5. The Morgan fingerprint density at radius 2 is 2.18 bits per heavy atom. The van der Waals surface area contributed by atoms with Crippen molar-refractivity contribution in [3.05, 3.63) is 34.3 Å². The molecule has 3 aliphatic rings. The standard InChI is InChI=1S/C11H8ClNO4/c12-6-3-5-1-2-7(8(5)16-4-6)9-10(14)13-11(15)17-9/h3-4,9H,1-2H2,(H,13,14,15). The summed E-state index contributed by atoms with van der Waals surface area (Å²) in [4.78, 5) is 22.5. The van der Waals surface area contributed by atoms with E-state index in [9.17, 15) is 9.59 Å². The summed E-state index contributed by atoms with van der Waals surface area (Å²) in [6.45, 7) is 0. The normalized spacial score (nSPS) is 27.0. The summed E-state index contributed by atoms with van der Waals surface area (Å²) >= 11 is 5.81. The van der Waals surface area contributed by atoms with Gasteiger partial charge in [-0.3, -0.25) is 10.1 Å². The van der Waals surface area contributed by atoms with E-state index in [2.05, 4.69) is 5.32 Å². The lowest BCUT2D eigenvalue weighted by Crippen LogP contribution is -2.26. The Kier molecular flexibility index (Phi) is 2.22. The summed E-state index contributed by atoms with van der Waals surface area (Å²) in [6.07, 6.45) is 2.98. The molecule has 1 unspecified atom stereocenters. The smallest absolute Gasteiger partial charge is 0.415 e. The molecular weight excluding hydrogens is 246 g/mol. The quantitative estimate of drug-likeness (QED) is 0.773. The van der Waals surface area contributed by atoms with Crippen LogP contribution in [0.5, 0.6) is 0 Å². The van der Waals surface area contributed by atoms with Crippen molar-refractivity contribution in [3.63, 3.8) is 0 Å². The third kappa shape index (κ3) is 1.63. The van der Waals surface area contributed by atoms with Crippen LogP contribution in [0.4, 0.5) is 4.79 Å². The first-order valence-electron chi connectivity index (χ1n) is 5.13. The lowest BCUT2D eigenvalue weighted by molar-refractivity contribution is -0.122. The first-order valence-corrected chi connectivity index (χ1v) is 5.51. The van der Waals surface area contributed by atoms with Crippen molar-refractivity contribution in [1.29, 1.82) is 0 Å². The van der Waals surface area contributed by atoms with Crippen molar-refractivity contribution in [2.75, 3.05) is 0 Å². The van der Waals surface area contributed by atoms with Gasteiger partial charge in [-0.05, 0) is 24.5 Å². The van der Waals surface area contributed by atoms with E-state index in [0.717, 1.165) is 12.0 Å². The van der Waals surface area contributed by atoms with Crippen LogP contribution in [0.3, 0.4) is 0 Å². The highest BCUT2D eigenvalue weighted by Gasteiger charge is 2.40. The Labute approximate surface area is 102 Å². The number of cyclic esters (lactones) is 1. The average molecular weight is 254 g/mol. The third-order valence-corrected chi connectivity index (χ3v) is 3.05. The Balaban J connectivity index is 1.95. The van der Waals surface area contributed by atoms with Crippen LogP contribution in [0.2, 0.25) is 0 Å². The molecule has 0 saturated carbocycles. The van der Waals surface area contributed by atoms with Crippen LogP contribution >= 0.6 is 11.6 Å². The maximum atomic E-state index is 11.5. The van der Waals surface area contributed by atoms with Gasteiger partial charge in [-0.2, -0.15) is 0 Å². The average Bonchev–Trinajstić information content (AvgIpc) is 2.81. The van der Waals surface area contributed by atoms with Gasteiger partial charge in [-0.15, -0.1) is 0 Å². The number of ether oxygens (including phenoxy) is 2. The van der Waals surface area contributed by atoms with E-state index in [-0.39, 0.29) is 0 Å². The Hall–Kier alpha value is -1.75. The van der Waals surface area contributed by atoms with Crippen LogP contribution in [0.25, 0.3) is 0 Å². The topological polar surface area (TPSA) is 64.6 Å². The highest BCUT2D eigenvalue weighted by atomic mass is 35.5. The van der Waals surface area contributed by atoms with Crippen LogP contribution in [-0.4, -0.2) is 18.1 Å². The van der Waals surface area contributed by atoms with Gasteiger partial charge in [0.05, 0.1) is 5.03 Å². The number of hydrogen-bond donors (Lipinski definition) is 1. The second-order valence-electron chi connectivity index (χ2n) is 3.92. The third-order valence-electron chi connectivity index (χ3n) is 2.85. The van der Waals surface area contributed by atoms with E-state index in [1.165, 1.54) is 6.26 Å². The van der Waals surface area contributed by atoms with E-state index in [1.807, 2.05) is 0 Å². The SMILES string of the molecule is O=C1NC(=O)C(C2=C3OC=C(Cl)C=C3CC2)O1. The molecular formula is C11H8ClNO4. The van der Waals surface area contributed by atoms with Crippen molar-refractivity contribution >= 4 is 23.6 Å². The molecule has 0 radical (unpaired) electrons. The van der Waals surface area contributed by atoms with E-state index < -0.39 is 18.1 Å². The number of nitrogens with one attached hydrogen (secondary N) is 1. The number of carbonyl (C=O) groups excluding carboxylic acids is 2. The fourth-order valence-corrected chi connectivity index (χ4v) is 2.32. The van der Waals surface area contributed by atoms with Gasteiger partial charge < -0.3 is 9.47 Å². The minimum absolute atomic E-state index is 0.442. The number of amides is 2. The summed E-state index contributed by atoms with van der Waals surface area (Å²) in [7, 11) is 0. The summed E-state index contributed by atoms with van der Waals surface area (Å²) in [5.41, 5.74) is 1.63. The number of alkyl carbamates (subject to hydrolysis) is 1. The highest BCUT2D eigenvalue weighted by Crippen LogP contribution is 2.39. The number of rotatable bonds is 1. The molecule has 2 heterocycles. The summed E-state index contributed by atoms with van der Waals surface area (Å²) in [5.74, 6) is 0.159. The monoisotopic (exact) mass is 253 g/mol. The molecule has 2 aliphatic heterocycles. The van der Waals surface area contributed by atoms with Crippen LogP contribution in [0.15, 0.2) is 34.3 Å². The summed E-state index contributed by atoms with van der Waals surface area (Å²) in [6, 6.07) is 0. The number of carbonyl (C=O) groups is 2. The lowest BCUT2D eigenvalue weighted by atomic mass is 10.1. The molecule has 3 rings (SSSR count). The van der Waals surface area contributed by atoms with E-state index >= 15 is 0 Å². The minimum atomic E-state index is -0.867. The molecule has 0 aromatic heterocycles. The Morgan fingerprint density at radius 1 is 1.35 bits per heavy atom. The number of fused-ring (bicyclic) bond motifs is 1. The number of hydrogen-bond acceptors (Lipinski definition) is 4. The molecule has 6 heteroatoms. The summed E-state index contributed by atoms with van der Waals surface area (Å²) < 4.78 is 10.3. The second kappa shape index (κ2) is 3.63. The molecule has 1 fully saturated rings. The van der Waals surface area contributed by atoms with Gasteiger partial charge in [0.25, 0.3) is 5.91 Å². The molecule has 17 heavy (non-hydrogen) atoms. The molecule has 1 aliphatic carbocycles. The van der Waals surface area contributed by atoms with Crippen LogP contribution in [0.1, 0.15) is 12.8 Å². The zero-order valence-corrected chi connectivity index (χ0v) is 9.41. The highest BCUT2D eigenvalue weighted by molar-refractivity contribution is 6.31. The largest absolute Gasteiger partial charge is 0.463 e. The first-order chi connectivity index (χ1) is 8.15. The molecule has 2 amide bonds. The van der Waals surface area contributed by atoms with Gasteiger partial charge in [-0.25, -0.2) is 4.79 Å². The zero-order valence-electron chi connectivity index (χ0n) is 8.66. The first kappa shape index (κ1) is 10.4. The zero-order chi connectivity index (χ0) is 12.0. The van der Waals surface area contributed by atoms with Gasteiger partial charge in [0.15, 0.2) is 0 Å². The lowest BCUT2D eigenvalue weighted by Gasteiger charge is -2.13. The molecule has 5 nitrogen and oxygen atoms in total. The van der Waals surface area contributed by atoms with E-state index in [1.54, 1.807) is 6.08 Å². The Bertz CT molecular complexity index is 518. The van der Waals surface area contributed by atoms with Gasteiger partial charge in [0.2, 0.25) is 6.10 Å². The molecule has 0 aromatic carbocycles.